The van der Waals surface area contributed by atoms with Crippen molar-refractivity contribution in [2.75, 3.05) is 25.0 Å². The topological polar surface area (TPSA) is 15.3 Å². The standard InChI is InChI=1S/C18H24N2/c1-2-12-20-13-10-16(11-14-20)19-18-9-5-7-15-6-3-4-8-17(15)18/h1,5,7,9,16,19H,3-4,6,8,10-14H2. The van der Waals surface area contributed by atoms with Crippen LogP contribution in [0.3, 0.4) is 0 Å². The van der Waals surface area contributed by atoms with Crippen LogP contribution in [0, 0.1) is 12.3 Å². The van der Waals surface area contributed by atoms with E-state index >= 15 is 0 Å². The number of piperidine rings is 1. The zero-order chi connectivity index (χ0) is 13.8. The van der Waals surface area contributed by atoms with Crippen molar-refractivity contribution in [3.05, 3.63) is 29.3 Å². The monoisotopic (exact) mass is 268 g/mol. The van der Waals surface area contributed by atoms with Gasteiger partial charge in [0.15, 0.2) is 0 Å². The lowest BCUT2D eigenvalue weighted by atomic mass is 9.90. The first-order valence-corrected chi connectivity index (χ1v) is 7.90. The maximum Gasteiger partial charge on any atom is 0.0598 e. The lowest BCUT2D eigenvalue weighted by Gasteiger charge is -2.32. The van der Waals surface area contributed by atoms with Crippen molar-refractivity contribution in [3.63, 3.8) is 0 Å². The van der Waals surface area contributed by atoms with Gasteiger partial charge in [-0.15, -0.1) is 6.42 Å². The second-order valence-electron chi connectivity index (χ2n) is 6.05. The van der Waals surface area contributed by atoms with Crippen LogP contribution in [-0.2, 0) is 12.8 Å². The summed E-state index contributed by atoms with van der Waals surface area (Å²) >= 11 is 0. The molecule has 106 valence electrons. The number of hydrogen-bond donors (Lipinski definition) is 1. The van der Waals surface area contributed by atoms with Gasteiger partial charge in [0, 0.05) is 24.8 Å². The van der Waals surface area contributed by atoms with Crippen molar-refractivity contribution in [3.8, 4) is 12.3 Å². The first kappa shape index (κ1) is 13.5. The van der Waals surface area contributed by atoms with Crippen LogP contribution in [0.4, 0.5) is 5.69 Å². The van der Waals surface area contributed by atoms with Gasteiger partial charge in [0.2, 0.25) is 0 Å². The van der Waals surface area contributed by atoms with Crippen LogP contribution in [0.1, 0.15) is 36.8 Å². The van der Waals surface area contributed by atoms with E-state index in [1.54, 1.807) is 11.1 Å². The highest BCUT2D eigenvalue weighted by atomic mass is 15.1. The molecule has 1 aromatic rings. The number of likely N-dealkylation sites (tertiary alicyclic amines) is 1. The first-order chi connectivity index (χ1) is 9.86. The summed E-state index contributed by atoms with van der Waals surface area (Å²) in [5.74, 6) is 2.75. The molecule has 0 atom stereocenters. The zero-order valence-electron chi connectivity index (χ0n) is 12.2. The average molecular weight is 268 g/mol. The molecule has 2 nitrogen and oxygen atoms in total. The summed E-state index contributed by atoms with van der Waals surface area (Å²) < 4.78 is 0. The third kappa shape index (κ3) is 2.99. The minimum absolute atomic E-state index is 0.609. The van der Waals surface area contributed by atoms with E-state index in [2.05, 4.69) is 34.3 Å². The quantitative estimate of drug-likeness (QED) is 0.848. The van der Waals surface area contributed by atoms with Gasteiger partial charge >= 0.3 is 0 Å². The van der Waals surface area contributed by atoms with Crippen LogP contribution in [-0.4, -0.2) is 30.6 Å². The van der Waals surface area contributed by atoms with Gasteiger partial charge in [0.05, 0.1) is 6.54 Å². The third-order valence-electron chi connectivity index (χ3n) is 4.66. The van der Waals surface area contributed by atoms with Crippen LogP contribution in [0.25, 0.3) is 0 Å². The Morgan fingerprint density at radius 1 is 1.20 bits per heavy atom. The van der Waals surface area contributed by atoms with E-state index in [9.17, 15) is 0 Å². The summed E-state index contributed by atoms with van der Waals surface area (Å²) in [5.41, 5.74) is 4.52. The zero-order valence-corrected chi connectivity index (χ0v) is 12.2. The number of benzene rings is 1. The maximum atomic E-state index is 5.39. The van der Waals surface area contributed by atoms with Gasteiger partial charge in [-0.1, -0.05) is 18.1 Å². The molecule has 3 rings (SSSR count). The highest BCUT2D eigenvalue weighted by molar-refractivity contribution is 5.56. The van der Waals surface area contributed by atoms with Crippen molar-refractivity contribution in [2.45, 2.75) is 44.6 Å². The van der Waals surface area contributed by atoms with Crippen LogP contribution in [0.5, 0.6) is 0 Å². The van der Waals surface area contributed by atoms with E-state index in [4.69, 9.17) is 6.42 Å². The molecule has 1 N–H and O–H groups in total. The molecule has 0 amide bonds. The van der Waals surface area contributed by atoms with Gasteiger partial charge in [0.1, 0.15) is 0 Å². The van der Waals surface area contributed by atoms with Crippen molar-refractivity contribution in [2.24, 2.45) is 0 Å². The number of aryl methyl sites for hydroxylation is 1. The lowest BCUT2D eigenvalue weighted by molar-refractivity contribution is 0.243. The molecule has 2 aliphatic rings. The molecule has 2 heteroatoms. The molecule has 0 unspecified atom stereocenters. The predicted octanol–water partition coefficient (Wildman–Crippen LogP) is 3.07. The molecule has 20 heavy (non-hydrogen) atoms. The third-order valence-corrected chi connectivity index (χ3v) is 4.66. The fourth-order valence-corrected chi connectivity index (χ4v) is 3.50. The van der Waals surface area contributed by atoms with Crippen LogP contribution >= 0.6 is 0 Å². The second-order valence-corrected chi connectivity index (χ2v) is 6.05. The Kier molecular flexibility index (Phi) is 4.28. The Balaban J connectivity index is 1.63. The van der Waals surface area contributed by atoms with Crippen molar-refractivity contribution >= 4 is 5.69 Å². The van der Waals surface area contributed by atoms with Crippen LogP contribution < -0.4 is 5.32 Å². The van der Waals surface area contributed by atoms with E-state index in [1.165, 1.54) is 44.2 Å². The van der Waals surface area contributed by atoms with E-state index in [-0.39, 0.29) is 0 Å². The molecule has 1 aliphatic heterocycles. The van der Waals surface area contributed by atoms with E-state index in [0.717, 1.165) is 19.6 Å². The Labute approximate surface area is 122 Å². The SMILES string of the molecule is C#CCN1CCC(Nc2cccc3c2CCCC3)CC1. The van der Waals surface area contributed by atoms with Crippen molar-refractivity contribution in [1.82, 2.24) is 4.90 Å². The Bertz CT molecular complexity index is 493. The molecule has 1 saturated heterocycles. The van der Waals surface area contributed by atoms with E-state index in [1.807, 2.05) is 0 Å². The fourth-order valence-electron chi connectivity index (χ4n) is 3.50. The van der Waals surface area contributed by atoms with Gasteiger partial charge in [-0.2, -0.15) is 0 Å². The number of rotatable bonds is 3. The average Bonchev–Trinajstić information content (AvgIpc) is 2.50. The number of hydrogen-bond acceptors (Lipinski definition) is 2. The van der Waals surface area contributed by atoms with Gasteiger partial charge in [-0.25, -0.2) is 0 Å². The summed E-state index contributed by atoms with van der Waals surface area (Å²) in [6.45, 7) is 3.04. The van der Waals surface area contributed by atoms with Gasteiger partial charge in [0.25, 0.3) is 0 Å². The van der Waals surface area contributed by atoms with E-state index in [0.29, 0.717) is 6.04 Å². The van der Waals surface area contributed by atoms with Crippen LogP contribution in [0.2, 0.25) is 0 Å². The van der Waals surface area contributed by atoms with Gasteiger partial charge in [-0.3, -0.25) is 4.90 Å². The van der Waals surface area contributed by atoms with E-state index < -0.39 is 0 Å². The maximum absolute atomic E-state index is 5.39. The minimum Gasteiger partial charge on any atom is -0.382 e. The van der Waals surface area contributed by atoms with Gasteiger partial charge < -0.3 is 5.32 Å². The molecule has 0 saturated carbocycles. The predicted molar refractivity (Wildman–Crippen MR) is 85.0 cm³/mol. The van der Waals surface area contributed by atoms with Crippen molar-refractivity contribution in [1.29, 1.82) is 0 Å². The Morgan fingerprint density at radius 3 is 2.80 bits per heavy atom. The molecular formula is C18H24N2. The number of nitrogens with zero attached hydrogens (tertiary/aromatic N) is 1. The van der Waals surface area contributed by atoms with Crippen molar-refractivity contribution < 1.29 is 0 Å². The van der Waals surface area contributed by atoms with Gasteiger partial charge in [-0.05, 0) is 55.7 Å². The van der Waals surface area contributed by atoms with Crippen LogP contribution in [0.15, 0.2) is 18.2 Å². The number of anilines is 1. The molecule has 0 spiro atoms. The largest absolute Gasteiger partial charge is 0.382 e. The molecule has 0 radical (unpaired) electrons. The molecule has 0 aromatic heterocycles. The fraction of sp³-hybridized carbons (Fsp3) is 0.556. The first-order valence-electron chi connectivity index (χ1n) is 7.90. The molecule has 1 aromatic carbocycles. The summed E-state index contributed by atoms with van der Waals surface area (Å²) in [6.07, 6.45) is 13.0. The lowest BCUT2D eigenvalue weighted by Crippen LogP contribution is -2.39. The smallest absolute Gasteiger partial charge is 0.0598 e. The Morgan fingerprint density at radius 2 is 2.00 bits per heavy atom. The molecule has 1 aliphatic carbocycles. The minimum atomic E-state index is 0.609. The summed E-state index contributed by atoms with van der Waals surface area (Å²) in [7, 11) is 0. The Hall–Kier alpha value is -1.46. The molecule has 0 bridgehead atoms. The number of nitrogens with one attached hydrogen (secondary N) is 1. The second kappa shape index (κ2) is 6.33. The number of fused-ring (bicyclic) bond motifs is 1. The summed E-state index contributed by atoms with van der Waals surface area (Å²) in [5, 5.41) is 3.79. The normalized spacial score (nSPS) is 20.1. The molecule has 1 heterocycles. The highest BCUT2D eigenvalue weighted by Crippen LogP contribution is 2.29. The molecule has 1 fully saturated rings. The number of terminal acetylenes is 1. The highest BCUT2D eigenvalue weighted by Gasteiger charge is 2.20. The summed E-state index contributed by atoms with van der Waals surface area (Å²) in [6, 6.07) is 7.38. The molecular weight excluding hydrogens is 244 g/mol. The summed E-state index contributed by atoms with van der Waals surface area (Å²) in [4.78, 5) is 2.37.